The van der Waals surface area contributed by atoms with E-state index in [2.05, 4.69) is 21.0 Å². The first-order valence-corrected chi connectivity index (χ1v) is 4.29. The maximum absolute atomic E-state index is 10.6. The molecule has 0 aliphatic heterocycles. The molecule has 0 saturated carbocycles. The highest BCUT2D eigenvalue weighted by Gasteiger charge is 2.09. The predicted molar refractivity (Wildman–Crippen MR) is 48.6 cm³/mol. The fourth-order valence-corrected chi connectivity index (χ4v) is 1.26. The number of hydrogen-bond donors (Lipinski definition) is 1. The monoisotopic (exact) mass is 231 g/mol. The highest BCUT2D eigenvalue weighted by atomic mass is 79.9. The molecule has 1 heterocycles. The molecule has 0 aliphatic rings. The molecule has 0 aliphatic carbocycles. The second-order valence-electron chi connectivity index (χ2n) is 2.61. The lowest BCUT2D eigenvalue weighted by molar-refractivity contribution is -0.118. The number of halogens is 1. The number of carbonyl (C=O) groups excluding carboxylic acids is 1. The largest absolute Gasteiger partial charge is 0.368 e. The van der Waals surface area contributed by atoms with Gasteiger partial charge in [0.05, 0.1) is 15.9 Å². The zero-order valence-electron chi connectivity index (χ0n) is 6.97. The number of nitrogens with zero attached hydrogens (tertiary/aromatic N) is 2. The minimum Gasteiger partial charge on any atom is -0.368 e. The van der Waals surface area contributed by atoms with Crippen LogP contribution in [-0.4, -0.2) is 15.7 Å². The first-order chi connectivity index (χ1) is 5.52. The van der Waals surface area contributed by atoms with Crippen molar-refractivity contribution in [2.24, 2.45) is 5.73 Å². The Morgan fingerprint density at radius 1 is 1.67 bits per heavy atom. The Hall–Kier alpha value is -0.840. The van der Waals surface area contributed by atoms with E-state index in [0.717, 1.165) is 15.9 Å². The zero-order valence-corrected chi connectivity index (χ0v) is 8.55. The van der Waals surface area contributed by atoms with Crippen LogP contribution in [0.2, 0.25) is 0 Å². The van der Waals surface area contributed by atoms with Crippen LogP contribution in [0.3, 0.4) is 0 Å². The number of nitrogens with two attached hydrogens (primary N) is 1. The molecule has 2 N–H and O–H groups in total. The Kier molecular flexibility index (Phi) is 2.52. The van der Waals surface area contributed by atoms with Gasteiger partial charge in [-0.3, -0.25) is 9.48 Å². The summed E-state index contributed by atoms with van der Waals surface area (Å²) in [6, 6.07) is 0. The van der Waals surface area contributed by atoms with Gasteiger partial charge >= 0.3 is 0 Å². The second kappa shape index (κ2) is 3.26. The topological polar surface area (TPSA) is 60.9 Å². The van der Waals surface area contributed by atoms with Crippen LogP contribution in [0.5, 0.6) is 0 Å². The lowest BCUT2D eigenvalue weighted by atomic mass is 10.4. The van der Waals surface area contributed by atoms with E-state index >= 15 is 0 Å². The van der Waals surface area contributed by atoms with Crippen molar-refractivity contribution >= 4 is 21.8 Å². The molecule has 12 heavy (non-hydrogen) atoms. The average molecular weight is 232 g/mol. The normalized spacial score (nSPS) is 10.2. The standard InChI is InChI=1S/C7H10BrN3O/c1-4-7(8)5(2)11(10-4)3-6(9)12/h3H2,1-2H3,(H2,9,12). The average Bonchev–Trinajstić information content (AvgIpc) is 2.17. The van der Waals surface area contributed by atoms with Crippen molar-refractivity contribution in [3.8, 4) is 0 Å². The molecule has 66 valence electrons. The third kappa shape index (κ3) is 1.66. The van der Waals surface area contributed by atoms with Crippen LogP contribution in [0, 0.1) is 13.8 Å². The van der Waals surface area contributed by atoms with Gasteiger partial charge in [0.15, 0.2) is 0 Å². The fraction of sp³-hybridized carbons (Fsp3) is 0.429. The third-order valence-electron chi connectivity index (χ3n) is 1.60. The highest BCUT2D eigenvalue weighted by Crippen LogP contribution is 2.19. The zero-order chi connectivity index (χ0) is 9.30. The van der Waals surface area contributed by atoms with E-state index in [9.17, 15) is 4.79 Å². The molecule has 4 nitrogen and oxygen atoms in total. The summed E-state index contributed by atoms with van der Waals surface area (Å²) < 4.78 is 2.52. The van der Waals surface area contributed by atoms with Gasteiger partial charge in [0.25, 0.3) is 0 Å². The van der Waals surface area contributed by atoms with Crippen LogP contribution in [0.4, 0.5) is 0 Å². The Labute approximate surface area is 78.9 Å². The minimum atomic E-state index is -0.381. The lowest BCUT2D eigenvalue weighted by Crippen LogP contribution is -2.20. The second-order valence-corrected chi connectivity index (χ2v) is 3.40. The van der Waals surface area contributed by atoms with Crippen molar-refractivity contribution < 1.29 is 4.79 Å². The van der Waals surface area contributed by atoms with Gasteiger partial charge in [-0.05, 0) is 29.8 Å². The van der Waals surface area contributed by atoms with Gasteiger partial charge in [0.1, 0.15) is 6.54 Å². The van der Waals surface area contributed by atoms with Gasteiger partial charge in [-0.25, -0.2) is 0 Å². The molecule has 0 radical (unpaired) electrons. The quantitative estimate of drug-likeness (QED) is 0.817. The van der Waals surface area contributed by atoms with Crippen LogP contribution < -0.4 is 5.73 Å². The number of primary amides is 1. The molecule has 1 aromatic rings. The van der Waals surface area contributed by atoms with Crippen LogP contribution in [0.25, 0.3) is 0 Å². The van der Waals surface area contributed by atoms with Crippen molar-refractivity contribution in [1.82, 2.24) is 9.78 Å². The molecule has 0 aromatic carbocycles. The van der Waals surface area contributed by atoms with E-state index in [1.807, 2.05) is 13.8 Å². The molecule has 1 aromatic heterocycles. The van der Waals surface area contributed by atoms with Crippen molar-refractivity contribution in [3.05, 3.63) is 15.9 Å². The Balaban J connectivity index is 3.01. The maximum Gasteiger partial charge on any atom is 0.239 e. The lowest BCUT2D eigenvalue weighted by Gasteiger charge is -1.98. The van der Waals surface area contributed by atoms with Crippen LogP contribution >= 0.6 is 15.9 Å². The molecule has 0 bridgehead atoms. The Bertz CT molecular complexity index is 319. The maximum atomic E-state index is 10.6. The van der Waals surface area contributed by atoms with Crippen LogP contribution in [-0.2, 0) is 11.3 Å². The molecule has 0 spiro atoms. The summed E-state index contributed by atoms with van der Waals surface area (Å²) >= 11 is 3.35. The van der Waals surface area contributed by atoms with Crippen LogP contribution in [0.1, 0.15) is 11.4 Å². The first-order valence-electron chi connectivity index (χ1n) is 3.50. The number of rotatable bonds is 2. The Morgan fingerprint density at radius 3 is 2.58 bits per heavy atom. The van der Waals surface area contributed by atoms with Gasteiger partial charge in [0.2, 0.25) is 5.91 Å². The molecule has 5 heteroatoms. The summed E-state index contributed by atoms with van der Waals surface area (Å²) in [5.41, 5.74) is 6.83. The summed E-state index contributed by atoms with van der Waals surface area (Å²) in [4.78, 5) is 10.6. The molecule has 0 unspecified atom stereocenters. The van der Waals surface area contributed by atoms with Gasteiger partial charge in [-0.2, -0.15) is 5.10 Å². The van der Waals surface area contributed by atoms with Gasteiger partial charge < -0.3 is 5.73 Å². The third-order valence-corrected chi connectivity index (χ3v) is 2.75. The summed E-state index contributed by atoms with van der Waals surface area (Å²) in [5, 5.41) is 4.12. The number of aryl methyl sites for hydroxylation is 1. The van der Waals surface area contributed by atoms with Crippen molar-refractivity contribution in [2.75, 3.05) is 0 Å². The molecule has 0 fully saturated rings. The minimum absolute atomic E-state index is 0.137. The fourth-order valence-electron chi connectivity index (χ4n) is 0.977. The first kappa shape index (κ1) is 9.25. The predicted octanol–water partition coefficient (Wildman–Crippen LogP) is 0.748. The van der Waals surface area contributed by atoms with Crippen molar-refractivity contribution in [2.45, 2.75) is 20.4 Å². The summed E-state index contributed by atoms with van der Waals surface area (Å²) in [6.07, 6.45) is 0. The number of aromatic nitrogens is 2. The molecular weight excluding hydrogens is 222 g/mol. The van der Waals surface area contributed by atoms with E-state index in [1.54, 1.807) is 4.68 Å². The summed E-state index contributed by atoms with van der Waals surface area (Å²) in [7, 11) is 0. The number of carbonyl (C=O) groups is 1. The van der Waals surface area contributed by atoms with E-state index in [-0.39, 0.29) is 12.5 Å². The van der Waals surface area contributed by atoms with Gasteiger partial charge in [-0.15, -0.1) is 0 Å². The summed E-state index contributed by atoms with van der Waals surface area (Å²) in [5.74, 6) is -0.381. The Morgan fingerprint density at radius 2 is 2.25 bits per heavy atom. The van der Waals surface area contributed by atoms with E-state index in [0.29, 0.717) is 0 Å². The van der Waals surface area contributed by atoms with Gasteiger partial charge in [-0.1, -0.05) is 0 Å². The molecular formula is C7H10BrN3O. The molecule has 1 rings (SSSR count). The summed E-state index contributed by atoms with van der Waals surface area (Å²) in [6.45, 7) is 3.89. The van der Waals surface area contributed by atoms with Crippen molar-refractivity contribution in [3.63, 3.8) is 0 Å². The molecule has 0 saturated heterocycles. The molecule has 0 atom stereocenters. The smallest absolute Gasteiger partial charge is 0.239 e. The van der Waals surface area contributed by atoms with E-state index < -0.39 is 0 Å². The van der Waals surface area contributed by atoms with Crippen LogP contribution in [0.15, 0.2) is 4.47 Å². The number of hydrogen-bond acceptors (Lipinski definition) is 2. The van der Waals surface area contributed by atoms with E-state index in [1.165, 1.54) is 0 Å². The molecule has 1 amide bonds. The highest BCUT2D eigenvalue weighted by molar-refractivity contribution is 9.10. The number of amides is 1. The van der Waals surface area contributed by atoms with E-state index in [4.69, 9.17) is 5.73 Å². The van der Waals surface area contributed by atoms with Gasteiger partial charge in [0, 0.05) is 0 Å². The van der Waals surface area contributed by atoms with Crippen molar-refractivity contribution in [1.29, 1.82) is 0 Å². The SMILES string of the molecule is Cc1nn(CC(N)=O)c(C)c1Br.